The molecule has 0 atom stereocenters. The first-order valence-electron chi connectivity index (χ1n) is 10.5. The molecule has 0 unspecified atom stereocenters. The van der Waals surface area contributed by atoms with Gasteiger partial charge in [-0.1, -0.05) is 0 Å². The third-order valence-electron chi connectivity index (χ3n) is 4.62. The van der Waals surface area contributed by atoms with Crippen molar-refractivity contribution >= 4 is 50.9 Å². The standard InChI is InChI=1S/C16H45NO5Si6/c1-23(2,14-12-13-17)18-24(3,4)15-16-28(11)21-26(7,8)19-25(5,6)20-27(9,10)22-28/h12-17H2,1-11H3. The summed E-state index contributed by atoms with van der Waals surface area (Å²) in [4.78, 5) is 0. The molecule has 0 saturated carbocycles. The van der Waals surface area contributed by atoms with Crippen molar-refractivity contribution in [3.05, 3.63) is 0 Å². The molecule has 0 aromatic rings. The zero-order valence-electron chi connectivity index (χ0n) is 20.2. The molecule has 2 N–H and O–H groups in total. The summed E-state index contributed by atoms with van der Waals surface area (Å²) < 4.78 is 33.1. The van der Waals surface area contributed by atoms with Gasteiger partial charge in [-0.05, 0) is 103 Å². The minimum atomic E-state index is -2.42. The van der Waals surface area contributed by atoms with Crippen molar-refractivity contribution in [2.24, 2.45) is 5.73 Å². The lowest BCUT2D eigenvalue weighted by atomic mass is 10.5. The summed E-state index contributed by atoms with van der Waals surface area (Å²) in [5.41, 5.74) is 5.71. The molecule has 1 aliphatic heterocycles. The molecular formula is C16H45NO5Si6. The minimum Gasteiger partial charge on any atom is -0.456 e. The lowest BCUT2D eigenvalue weighted by molar-refractivity contribution is 0.234. The van der Waals surface area contributed by atoms with Gasteiger partial charge < -0.3 is 26.3 Å². The van der Waals surface area contributed by atoms with E-state index in [0.717, 1.165) is 31.1 Å². The molecule has 1 rings (SSSR count). The van der Waals surface area contributed by atoms with Gasteiger partial charge in [-0.2, -0.15) is 0 Å². The van der Waals surface area contributed by atoms with Crippen LogP contribution in [0.15, 0.2) is 0 Å². The van der Waals surface area contributed by atoms with Crippen molar-refractivity contribution < 1.29 is 20.6 Å². The second-order valence-electron chi connectivity index (χ2n) is 10.8. The van der Waals surface area contributed by atoms with Crippen LogP contribution in [0.25, 0.3) is 0 Å². The van der Waals surface area contributed by atoms with Crippen LogP contribution in [-0.2, 0) is 20.6 Å². The van der Waals surface area contributed by atoms with Crippen LogP contribution in [0.1, 0.15) is 6.42 Å². The lowest BCUT2D eigenvalue weighted by Gasteiger charge is -2.48. The first kappa shape index (κ1) is 27.1. The molecule has 1 saturated heterocycles. The first-order chi connectivity index (χ1) is 12.3. The Kier molecular flexibility index (Phi) is 8.98. The van der Waals surface area contributed by atoms with Crippen molar-refractivity contribution in [1.29, 1.82) is 0 Å². The quantitative estimate of drug-likeness (QED) is 0.473. The molecule has 28 heavy (non-hydrogen) atoms. The van der Waals surface area contributed by atoms with E-state index in [0.29, 0.717) is 0 Å². The van der Waals surface area contributed by atoms with Crippen LogP contribution in [0.3, 0.4) is 0 Å². The largest absolute Gasteiger partial charge is 0.456 e. The summed E-state index contributed by atoms with van der Waals surface area (Å²) in [6, 6.07) is 3.11. The smallest absolute Gasteiger partial charge is 0.317 e. The van der Waals surface area contributed by atoms with Gasteiger partial charge in [0.1, 0.15) is 0 Å². The van der Waals surface area contributed by atoms with Gasteiger partial charge in [0.05, 0.1) is 0 Å². The van der Waals surface area contributed by atoms with Gasteiger partial charge in [-0.25, -0.2) is 0 Å². The summed E-state index contributed by atoms with van der Waals surface area (Å²) in [5.74, 6) is 0. The van der Waals surface area contributed by atoms with Crippen molar-refractivity contribution in [2.45, 2.75) is 96.6 Å². The highest BCUT2D eigenvalue weighted by molar-refractivity contribution is 6.93. The van der Waals surface area contributed by atoms with Crippen molar-refractivity contribution in [3.8, 4) is 0 Å². The highest BCUT2D eigenvalue weighted by Gasteiger charge is 2.52. The Morgan fingerprint density at radius 3 is 1.50 bits per heavy atom. The molecule has 1 fully saturated rings. The normalized spacial score (nSPS) is 24.4. The maximum Gasteiger partial charge on any atom is 0.317 e. The summed E-state index contributed by atoms with van der Waals surface area (Å²) in [7, 11) is -12.7. The highest BCUT2D eigenvalue weighted by Crippen LogP contribution is 2.35. The molecule has 12 heteroatoms. The Morgan fingerprint density at radius 1 is 0.679 bits per heavy atom. The zero-order chi connectivity index (χ0) is 22.1. The van der Waals surface area contributed by atoms with Crippen LogP contribution in [0.2, 0.25) is 90.1 Å². The predicted molar refractivity (Wildman–Crippen MR) is 133 cm³/mol. The number of rotatable bonds is 8. The Labute approximate surface area is 180 Å². The van der Waals surface area contributed by atoms with E-state index < -0.39 is 50.9 Å². The SMILES string of the molecule is C[Si](C)(CCCN)O[Si](C)(C)CC[Si]1(C)O[Si](C)(C)O[Si](C)(C)O[Si](C)(C)O1. The number of hydrogen-bond acceptors (Lipinski definition) is 6. The van der Waals surface area contributed by atoms with E-state index >= 15 is 0 Å². The van der Waals surface area contributed by atoms with E-state index in [2.05, 4.69) is 72.0 Å². The van der Waals surface area contributed by atoms with E-state index in [9.17, 15) is 0 Å². The maximum atomic E-state index is 6.76. The number of nitrogens with two attached hydrogens (primary N) is 1. The third kappa shape index (κ3) is 9.91. The maximum absolute atomic E-state index is 6.76. The molecule has 0 aromatic heterocycles. The van der Waals surface area contributed by atoms with E-state index in [1.54, 1.807) is 0 Å². The molecule has 0 radical (unpaired) electrons. The lowest BCUT2D eigenvalue weighted by Crippen LogP contribution is -2.65. The van der Waals surface area contributed by atoms with Crippen LogP contribution in [0, 0.1) is 0 Å². The van der Waals surface area contributed by atoms with Crippen molar-refractivity contribution in [2.75, 3.05) is 6.54 Å². The summed E-state index contributed by atoms with van der Waals surface area (Å²) >= 11 is 0. The van der Waals surface area contributed by atoms with Gasteiger partial charge in [0, 0.05) is 0 Å². The van der Waals surface area contributed by atoms with Crippen LogP contribution in [0.5, 0.6) is 0 Å². The Bertz CT molecular complexity index is 508. The van der Waals surface area contributed by atoms with Gasteiger partial charge in [-0.3, -0.25) is 0 Å². The van der Waals surface area contributed by atoms with Crippen LogP contribution >= 0.6 is 0 Å². The first-order valence-corrected chi connectivity index (χ1v) is 27.7. The van der Waals surface area contributed by atoms with Crippen LogP contribution in [0.4, 0.5) is 0 Å². The fourth-order valence-corrected chi connectivity index (χ4v) is 37.2. The zero-order valence-corrected chi connectivity index (χ0v) is 26.2. The fourth-order valence-electron chi connectivity index (χ4n) is 4.32. The van der Waals surface area contributed by atoms with E-state index in [1.165, 1.54) is 0 Å². The highest BCUT2D eigenvalue weighted by atomic mass is 28.5. The molecule has 0 amide bonds. The average Bonchev–Trinajstić information content (AvgIpc) is 2.36. The minimum absolute atomic E-state index is 0.744. The van der Waals surface area contributed by atoms with Gasteiger partial charge in [0.15, 0.2) is 16.6 Å². The number of hydrogen-bond donors (Lipinski definition) is 1. The second kappa shape index (κ2) is 9.28. The molecule has 0 aliphatic carbocycles. The van der Waals surface area contributed by atoms with Crippen LogP contribution in [-0.4, -0.2) is 57.4 Å². The molecule has 1 aliphatic rings. The third-order valence-corrected chi connectivity index (χ3v) is 29.0. The topological polar surface area (TPSA) is 72.2 Å². The van der Waals surface area contributed by atoms with E-state index in [-0.39, 0.29) is 0 Å². The molecule has 0 spiro atoms. The van der Waals surface area contributed by atoms with Gasteiger partial charge >= 0.3 is 34.2 Å². The average molecular weight is 500 g/mol. The molecular weight excluding hydrogens is 455 g/mol. The Hall–Kier alpha value is 1.06. The van der Waals surface area contributed by atoms with Crippen molar-refractivity contribution in [3.63, 3.8) is 0 Å². The van der Waals surface area contributed by atoms with Crippen LogP contribution < -0.4 is 5.73 Å². The van der Waals surface area contributed by atoms with Gasteiger partial charge in [0.2, 0.25) is 0 Å². The predicted octanol–water partition coefficient (Wildman–Crippen LogP) is 5.02. The molecule has 0 bridgehead atoms. The fraction of sp³-hybridized carbons (Fsp3) is 1.00. The molecule has 0 aromatic carbocycles. The van der Waals surface area contributed by atoms with Gasteiger partial charge in [-0.15, -0.1) is 0 Å². The van der Waals surface area contributed by atoms with E-state index in [4.69, 9.17) is 26.3 Å². The summed E-state index contributed by atoms with van der Waals surface area (Å²) in [5, 5.41) is 0. The molecule has 1 heterocycles. The Morgan fingerprint density at radius 2 is 1.07 bits per heavy atom. The second-order valence-corrected chi connectivity index (χ2v) is 34.0. The van der Waals surface area contributed by atoms with Gasteiger partial charge in [0.25, 0.3) is 0 Å². The van der Waals surface area contributed by atoms with E-state index in [1.807, 2.05) is 0 Å². The molecule has 168 valence electrons. The van der Waals surface area contributed by atoms with Crippen molar-refractivity contribution in [1.82, 2.24) is 0 Å². The summed E-state index contributed by atoms with van der Waals surface area (Å²) in [6.45, 7) is 25.0. The summed E-state index contributed by atoms with van der Waals surface area (Å²) in [6.07, 6.45) is 1.05. The Balaban J connectivity index is 2.89. The monoisotopic (exact) mass is 499 g/mol. The molecule has 6 nitrogen and oxygen atoms in total.